The molecule has 27 heteroatoms. The number of carboxylic acid groups (broad SMARTS) is 2. The van der Waals surface area contributed by atoms with Crippen molar-refractivity contribution >= 4 is 91.7 Å². The first kappa shape index (κ1) is 45.4. The molecule has 0 atom stereocenters. The van der Waals surface area contributed by atoms with Gasteiger partial charge in [-0.25, -0.2) is 27.7 Å². The van der Waals surface area contributed by atoms with Crippen LogP contribution in [0.2, 0.25) is 25.2 Å². The van der Waals surface area contributed by atoms with E-state index >= 15 is 0 Å². The second-order valence-corrected chi connectivity index (χ2v) is 13.4. The number of hydrogen-bond donors (Lipinski definition) is 3. The maximum absolute atomic E-state index is 13.3. The van der Waals surface area contributed by atoms with Gasteiger partial charge in [0.2, 0.25) is 23.5 Å². The summed E-state index contributed by atoms with van der Waals surface area (Å²) in [5.74, 6) is -3.47. The molecular formula is C29H23Cl5F3N7O11S. The summed E-state index contributed by atoms with van der Waals surface area (Å²) in [7, 11) is 0.135. The Morgan fingerprint density at radius 2 is 1.50 bits per heavy atom. The number of nitrogens with zero attached hydrogens (tertiary/aromatic N) is 6. The van der Waals surface area contributed by atoms with E-state index in [9.17, 15) is 31.2 Å². The van der Waals surface area contributed by atoms with Gasteiger partial charge in [-0.15, -0.1) is 5.10 Å². The van der Waals surface area contributed by atoms with E-state index in [1.807, 2.05) is 4.72 Å². The van der Waals surface area contributed by atoms with Gasteiger partial charge in [0.25, 0.3) is 21.7 Å². The van der Waals surface area contributed by atoms with Crippen LogP contribution in [0.5, 0.6) is 29.3 Å². The molecule has 4 aromatic heterocycles. The third-order valence-electron chi connectivity index (χ3n) is 6.20. The van der Waals surface area contributed by atoms with Crippen LogP contribution in [-0.2, 0) is 21.0 Å². The number of rotatable bonds is 11. The second kappa shape index (κ2) is 19.2. The van der Waals surface area contributed by atoms with Crippen molar-refractivity contribution in [3.05, 3.63) is 72.9 Å². The number of carboxylic acids is 2. The van der Waals surface area contributed by atoms with Crippen molar-refractivity contribution in [3.8, 4) is 29.3 Å². The zero-order valence-electron chi connectivity index (χ0n) is 28.4. The molecule has 0 radical (unpaired) electrons. The van der Waals surface area contributed by atoms with Crippen LogP contribution in [0.25, 0.3) is 5.78 Å². The van der Waals surface area contributed by atoms with Gasteiger partial charge in [0, 0.05) is 6.20 Å². The van der Waals surface area contributed by atoms with Crippen molar-refractivity contribution in [2.45, 2.75) is 11.1 Å². The first-order chi connectivity index (χ1) is 26.2. The van der Waals surface area contributed by atoms with Gasteiger partial charge in [0.1, 0.15) is 10.6 Å². The summed E-state index contributed by atoms with van der Waals surface area (Å²) in [6.45, 7) is -0.537. The van der Waals surface area contributed by atoms with Crippen molar-refractivity contribution in [2.75, 3.05) is 39.8 Å². The lowest BCUT2D eigenvalue weighted by molar-refractivity contribution is -0.140. The first-order valence-electron chi connectivity index (χ1n) is 14.3. The van der Waals surface area contributed by atoms with E-state index in [2.05, 4.69) is 25.0 Å². The van der Waals surface area contributed by atoms with Gasteiger partial charge in [0.15, 0.2) is 22.4 Å². The number of fused-ring (bicyclic) bond motifs is 1. The number of carbonyl (C=O) groups is 2. The molecule has 0 bridgehead atoms. The SMILES string of the molecule is COc1c(Cl)ccc(Cl)c1C(=O)O.COc1cc(OC)n2nc(NS(=O)(=O)c3c(C(F)(F)F)ccnc3OC)nc2n1.O=C(O)COc1nc(Cl)c(Cl)cc1Cl. The number of pyridine rings is 2. The molecule has 18 nitrogen and oxygen atoms in total. The highest BCUT2D eigenvalue weighted by molar-refractivity contribution is 7.92. The average Bonchev–Trinajstić information content (AvgIpc) is 3.54. The Balaban J connectivity index is 0.000000259. The molecule has 3 N–H and O–H groups in total. The van der Waals surface area contributed by atoms with Crippen LogP contribution in [0, 0.1) is 0 Å². The lowest BCUT2D eigenvalue weighted by Gasteiger charge is -2.15. The van der Waals surface area contributed by atoms with Gasteiger partial charge in [-0.2, -0.15) is 32.6 Å². The van der Waals surface area contributed by atoms with E-state index < -0.39 is 57.0 Å². The number of aliphatic carboxylic acids is 1. The van der Waals surface area contributed by atoms with Crippen LogP contribution in [0.3, 0.4) is 0 Å². The summed E-state index contributed by atoms with van der Waals surface area (Å²) in [6.07, 6.45) is -4.20. The Morgan fingerprint density at radius 1 is 0.839 bits per heavy atom. The zero-order valence-corrected chi connectivity index (χ0v) is 33.0. The molecule has 0 amide bonds. The maximum Gasteiger partial charge on any atom is 0.418 e. The summed E-state index contributed by atoms with van der Waals surface area (Å²) in [6, 6.07) is 6.09. The van der Waals surface area contributed by atoms with Gasteiger partial charge in [0.05, 0.1) is 55.1 Å². The second-order valence-electron chi connectivity index (χ2n) is 9.76. The molecule has 0 aliphatic heterocycles. The standard InChI is InChI=1S/C14H13F3N6O5S.C8H6Cl2O3.C7H4Cl3NO3/c1-26-8-6-9(27-2)23-13(19-8)20-12(21-23)22-29(24,25)10-7(14(15,16)17)4-5-18-11(10)28-3;1-13-7-5(10)3-2-4(9)6(7)8(11)12;8-3-1-4(9)7(11-6(3)10)14-2-5(12)13/h4-6H,1-3H3,(H,21,22);2-3H,1H3,(H,11,12);1H,2H2,(H,12,13). The molecule has 0 aliphatic carbocycles. The molecule has 4 heterocycles. The highest BCUT2D eigenvalue weighted by Crippen LogP contribution is 2.38. The van der Waals surface area contributed by atoms with Gasteiger partial charge >= 0.3 is 18.1 Å². The lowest BCUT2D eigenvalue weighted by atomic mass is 10.2. The smallest absolute Gasteiger partial charge is 0.418 e. The Labute approximate surface area is 338 Å². The van der Waals surface area contributed by atoms with Gasteiger partial charge < -0.3 is 33.9 Å². The highest BCUT2D eigenvalue weighted by Gasteiger charge is 2.40. The summed E-state index contributed by atoms with van der Waals surface area (Å²) in [5, 5.41) is 21.6. The van der Waals surface area contributed by atoms with Crippen LogP contribution >= 0.6 is 58.0 Å². The predicted octanol–water partition coefficient (Wildman–Crippen LogP) is 6.57. The number of halogens is 8. The largest absolute Gasteiger partial charge is 0.494 e. The third-order valence-corrected chi connectivity index (χ3v) is 9.14. The summed E-state index contributed by atoms with van der Waals surface area (Å²) >= 11 is 28.2. The van der Waals surface area contributed by atoms with E-state index in [-0.39, 0.29) is 60.0 Å². The lowest BCUT2D eigenvalue weighted by Crippen LogP contribution is -2.21. The fourth-order valence-electron chi connectivity index (χ4n) is 3.94. The Morgan fingerprint density at radius 3 is 2.04 bits per heavy atom. The number of benzene rings is 1. The molecule has 5 rings (SSSR count). The molecule has 5 aromatic rings. The number of aromatic carboxylic acids is 1. The minimum Gasteiger partial charge on any atom is -0.494 e. The number of aromatic nitrogens is 6. The van der Waals surface area contributed by atoms with E-state index in [1.165, 1.54) is 45.6 Å². The molecule has 0 unspecified atom stereocenters. The van der Waals surface area contributed by atoms with Crippen molar-refractivity contribution in [1.29, 1.82) is 0 Å². The first-order valence-corrected chi connectivity index (χ1v) is 17.7. The molecule has 56 heavy (non-hydrogen) atoms. The number of nitrogens with one attached hydrogen (secondary N) is 1. The van der Waals surface area contributed by atoms with Crippen molar-refractivity contribution in [1.82, 2.24) is 29.5 Å². The maximum atomic E-state index is 13.3. The zero-order chi connectivity index (χ0) is 42.1. The number of alkyl halides is 3. The predicted molar refractivity (Wildman–Crippen MR) is 193 cm³/mol. The minimum absolute atomic E-state index is 0.0106. The Bertz CT molecular complexity index is 2360. The van der Waals surface area contributed by atoms with E-state index in [1.54, 1.807) is 0 Å². The van der Waals surface area contributed by atoms with Crippen molar-refractivity contribution in [3.63, 3.8) is 0 Å². The van der Waals surface area contributed by atoms with Crippen LogP contribution in [0.4, 0.5) is 19.1 Å². The highest BCUT2D eigenvalue weighted by atomic mass is 35.5. The molecule has 0 spiro atoms. The topological polar surface area (TPSA) is 236 Å². The Kier molecular flexibility index (Phi) is 15.6. The monoisotopic (exact) mass is 909 g/mol. The quantitative estimate of drug-likeness (QED) is 0.119. The van der Waals surface area contributed by atoms with E-state index in [4.69, 9.17) is 91.9 Å². The third kappa shape index (κ3) is 11.3. The number of anilines is 1. The molecule has 1 aromatic carbocycles. The fourth-order valence-corrected chi connectivity index (χ4v) is 6.21. The number of hydrogen-bond acceptors (Lipinski definition) is 14. The fraction of sp³-hybridized carbons (Fsp3) is 0.207. The Hall–Kier alpha value is -5.00. The van der Waals surface area contributed by atoms with E-state index in [0.717, 1.165) is 17.8 Å². The minimum atomic E-state index is -4.98. The molecule has 0 aliphatic rings. The van der Waals surface area contributed by atoms with E-state index in [0.29, 0.717) is 6.07 Å². The van der Waals surface area contributed by atoms with Crippen LogP contribution < -0.4 is 28.4 Å². The average molecular weight is 912 g/mol. The molecular weight excluding hydrogens is 889 g/mol. The summed E-state index contributed by atoms with van der Waals surface area (Å²) in [4.78, 5) is 34.7. The van der Waals surface area contributed by atoms with Crippen molar-refractivity contribution in [2.24, 2.45) is 0 Å². The summed E-state index contributed by atoms with van der Waals surface area (Å²) < 4.78 is 92.6. The van der Waals surface area contributed by atoms with Crippen LogP contribution in [0.1, 0.15) is 15.9 Å². The van der Waals surface area contributed by atoms with Gasteiger partial charge in [-0.3, -0.25) is 0 Å². The number of methoxy groups -OCH3 is 4. The van der Waals surface area contributed by atoms with Crippen LogP contribution in [0.15, 0.2) is 41.4 Å². The van der Waals surface area contributed by atoms with Crippen molar-refractivity contribution < 1.29 is 65.1 Å². The number of ether oxygens (including phenoxy) is 5. The molecule has 0 fully saturated rings. The molecule has 302 valence electrons. The van der Waals surface area contributed by atoms with Gasteiger partial charge in [-0.1, -0.05) is 58.0 Å². The van der Waals surface area contributed by atoms with Gasteiger partial charge in [-0.05, 0) is 24.3 Å². The normalized spacial score (nSPS) is 11.0. The summed E-state index contributed by atoms with van der Waals surface area (Å²) in [5.41, 5.74) is -1.57. The molecule has 0 saturated carbocycles. The molecule has 0 saturated heterocycles. The van der Waals surface area contributed by atoms with Crippen LogP contribution in [-0.4, -0.2) is 95.2 Å². The number of sulfonamides is 1.